The van der Waals surface area contributed by atoms with E-state index < -0.39 is 0 Å². The summed E-state index contributed by atoms with van der Waals surface area (Å²) in [5.74, 6) is 0.342. The fourth-order valence-corrected chi connectivity index (χ4v) is 3.18. The van der Waals surface area contributed by atoms with Gasteiger partial charge in [-0.2, -0.15) is 0 Å². The van der Waals surface area contributed by atoms with Crippen molar-refractivity contribution in [2.24, 2.45) is 5.41 Å². The predicted molar refractivity (Wildman–Crippen MR) is 85.0 cm³/mol. The highest BCUT2D eigenvalue weighted by Gasteiger charge is 2.43. The van der Waals surface area contributed by atoms with Crippen LogP contribution in [0.5, 0.6) is 0 Å². The highest BCUT2D eigenvalue weighted by Crippen LogP contribution is 2.35. The number of hydrogen-bond donors (Lipinski definition) is 1. The van der Waals surface area contributed by atoms with Gasteiger partial charge in [0.25, 0.3) is 0 Å². The van der Waals surface area contributed by atoms with Gasteiger partial charge in [-0.15, -0.1) is 0 Å². The highest BCUT2D eigenvalue weighted by atomic mass is 16.2. The first-order valence-electron chi connectivity index (χ1n) is 8.22. The Hall–Kier alpha value is -1.35. The molecule has 1 N–H and O–H groups in total. The molecule has 1 unspecified atom stereocenters. The molecule has 1 amide bonds. The Morgan fingerprint density at radius 2 is 1.95 bits per heavy atom. The third-order valence-corrected chi connectivity index (χ3v) is 4.92. The molecule has 0 bridgehead atoms. The van der Waals surface area contributed by atoms with E-state index in [1.807, 2.05) is 0 Å². The molecule has 114 valence electrons. The van der Waals surface area contributed by atoms with Gasteiger partial charge < -0.3 is 10.2 Å². The van der Waals surface area contributed by atoms with Gasteiger partial charge in [-0.1, -0.05) is 31.2 Å². The van der Waals surface area contributed by atoms with E-state index >= 15 is 0 Å². The van der Waals surface area contributed by atoms with Crippen LogP contribution in [0.4, 0.5) is 0 Å². The van der Waals surface area contributed by atoms with Crippen LogP contribution in [-0.4, -0.2) is 29.9 Å². The molecule has 1 heterocycles. The lowest BCUT2D eigenvalue weighted by molar-refractivity contribution is -0.141. The van der Waals surface area contributed by atoms with E-state index in [0.717, 1.165) is 32.5 Å². The van der Waals surface area contributed by atoms with E-state index in [1.54, 1.807) is 0 Å². The largest absolute Gasteiger partial charge is 0.335 e. The van der Waals surface area contributed by atoms with Crippen LogP contribution in [0.15, 0.2) is 24.3 Å². The lowest BCUT2D eigenvalue weighted by Gasteiger charge is -2.31. The smallest absolute Gasteiger partial charge is 0.230 e. The molecule has 3 nitrogen and oxygen atoms in total. The summed E-state index contributed by atoms with van der Waals surface area (Å²) in [4.78, 5) is 15.1. The van der Waals surface area contributed by atoms with Gasteiger partial charge in [0, 0.05) is 19.1 Å². The van der Waals surface area contributed by atoms with E-state index in [1.165, 1.54) is 24.0 Å². The number of carbonyl (C=O) groups is 1. The minimum atomic E-state index is -0.202. The third-order valence-electron chi connectivity index (χ3n) is 4.92. The molecule has 2 fully saturated rings. The second-order valence-electron chi connectivity index (χ2n) is 6.82. The molecular formula is C18H26N2O. The van der Waals surface area contributed by atoms with Crippen molar-refractivity contribution >= 4 is 5.91 Å². The van der Waals surface area contributed by atoms with Gasteiger partial charge in [-0.05, 0) is 50.3 Å². The van der Waals surface area contributed by atoms with Crippen LogP contribution in [0.2, 0.25) is 0 Å². The lowest BCUT2D eigenvalue weighted by Crippen LogP contribution is -2.44. The van der Waals surface area contributed by atoms with E-state index in [2.05, 4.69) is 48.3 Å². The second kappa shape index (κ2) is 5.80. The molecule has 1 saturated heterocycles. The number of nitrogens with zero attached hydrogens (tertiary/aromatic N) is 1. The van der Waals surface area contributed by atoms with Crippen LogP contribution in [0.3, 0.4) is 0 Å². The van der Waals surface area contributed by atoms with Crippen LogP contribution in [0.1, 0.15) is 44.2 Å². The van der Waals surface area contributed by atoms with Crippen molar-refractivity contribution in [3.63, 3.8) is 0 Å². The predicted octanol–water partition coefficient (Wildman–Crippen LogP) is 2.74. The fourth-order valence-electron chi connectivity index (χ4n) is 3.18. The molecule has 1 saturated carbocycles. The average molecular weight is 286 g/mol. The van der Waals surface area contributed by atoms with Crippen molar-refractivity contribution in [2.45, 2.75) is 52.1 Å². The normalized spacial score (nSPS) is 25.0. The molecule has 1 aliphatic heterocycles. The number of rotatable bonds is 5. The van der Waals surface area contributed by atoms with Crippen LogP contribution in [0, 0.1) is 5.41 Å². The summed E-state index contributed by atoms with van der Waals surface area (Å²) in [6, 6.07) is 9.20. The number of aryl methyl sites for hydroxylation is 1. The Kier molecular flexibility index (Phi) is 4.03. The Bertz CT molecular complexity index is 498. The van der Waals surface area contributed by atoms with E-state index in [-0.39, 0.29) is 5.41 Å². The molecule has 0 radical (unpaired) electrons. The SMILES string of the molecule is CCc1ccc(CN(C(=O)C2(C)CCNC2)C2CC2)cc1. The number of benzene rings is 1. The standard InChI is InChI=1S/C18H26N2O/c1-3-14-4-6-15(7-5-14)12-20(16-8-9-16)17(21)18(2)10-11-19-13-18/h4-7,16,19H,3,8-13H2,1-2H3. The molecule has 21 heavy (non-hydrogen) atoms. The number of nitrogens with one attached hydrogen (secondary N) is 1. The molecular weight excluding hydrogens is 260 g/mol. The van der Waals surface area contributed by atoms with Crippen molar-refractivity contribution in [3.8, 4) is 0 Å². The number of amides is 1. The molecule has 3 heteroatoms. The van der Waals surface area contributed by atoms with Crippen molar-refractivity contribution in [3.05, 3.63) is 35.4 Å². The van der Waals surface area contributed by atoms with Crippen LogP contribution in [-0.2, 0) is 17.8 Å². The van der Waals surface area contributed by atoms with Gasteiger partial charge in [0.15, 0.2) is 0 Å². The minimum absolute atomic E-state index is 0.202. The van der Waals surface area contributed by atoms with Crippen molar-refractivity contribution in [2.75, 3.05) is 13.1 Å². The summed E-state index contributed by atoms with van der Waals surface area (Å²) >= 11 is 0. The molecule has 0 spiro atoms. The average Bonchev–Trinajstić information content (AvgIpc) is 3.26. The number of hydrogen-bond acceptors (Lipinski definition) is 2. The Labute approximate surface area is 127 Å². The maximum absolute atomic E-state index is 13.0. The minimum Gasteiger partial charge on any atom is -0.335 e. The maximum atomic E-state index is 13.0. The summed E-state index contributed by atoms with van der Waals surface area (Å²) in [5.41, 5.74) is 2.41. The first kappa shape index (κ1) is 14.6. The summed E-state index contributed by atoms with van der Waals surface area (Å²) < 4.78 is 0. The van der Waals surface area contributed by atoms with E-state index in [4.69, 9.17) is 0 Å². The first-order valence-corrected chi connectivity index (χ1v) is 8.22. The maximum Gasteiger partial charge on any atom is 0.230 e. The van der Waals surface area contributed by atoms with Crippen LogP contribution in [0.25, 0.3) is 0 Å². The van der Waals surface area contributed by atoms with Gasteiger partial charge in [-0.3, -0.25) is 4.79 Å². The van der Waals surface area contributed by atoms with Gasteiger partial charge >= 0.3 is 0 Å². The van der Waals surface area contributed by atoms with Crippen molar-refractivity contribution in [1.29, 1.82) is 0 Å². The molecule has 1 aliphatic carbocycles. The zero-order valence-electron chi connectivity index (χ0n) is 13.2. The van der Waals surface area contributed by atoms with Gasteiger partial charge in [0.05, 0.1) is 5.41 Å². The quantitative estimate of drug-likeness (QED) is 0.902. The van der Waals surface area contributed by atoms with Crippen LogP contribution < -0.4 is 5.32 Å². The zero-order valence-corrected chi connectivity index (χ0v) is 13.2. The fraction of sp³-hybridized carbons (Fsp3) is 0.611. The molecule has 3 rings (SSSR count). The van der Waals surface area contributed by atoms with Gasteiger partial charge in [0.2, 0.25) is 5.91 Å². The monoisotopic (exact) mass is 286 g/mol. The first-order chi connectivity index (χ1) is 10.1. The van der Waals surface area contributed by atoms with Crippen molar-refractivity contribution in [1.82, 2.24) is 10.2 Å². The molecule has 1 atom stereocenters. The third kappa shape index (κ3) is 3.13. The molecule has 0 aromatic heterocycles. The van der Waals surface area contributed by atoms with E-state index in [0.29, 0.717) is 11.9 Å². The molecule has 1 aromatic rings. The zero-order chi connectivity index (χ0) is 14.9. The highest BCUT2D eigenvalue weighted by molar-refractivity contribution is 5.83. The van der Waals surface area contributed by atoms with Crippen LogP contribution >= 0.6 is 0 Å². The Morgan fingerprint density at radius 1 is 1.29 bits per heavy atom. The van der Waals surface area contributed by atoms with Crippen molar-refractivity contribution < 1.29 is 4.79 Å². The molecule has 1 aromatic carbocycles. The topological polar surface area (TPSA) is 32.3 Å². The Balaban J connectivity index is 1.73. The van der Waals surface area contributed by atoms with E-state index in [9.17, 15) is 4.79 Å². The summed E-state index contributed by atoms with van der Waals surface area (Å²) in [7, 11) is 0. The lowest BCUT2D eigenvalue weighted by atomic mass is 9.87. The molecule has 2 aliphatic rings. The summed E-state index contributed by atoms with van der Waals surface area (Å²) in [5, 5.41) is 3.34. The number of carbonyl (C=O) groups excluding carboxylic acids is 1. The van der Waals surface area contributed by atoms with Gasteiger partial charge in [0.1, 0.15) is 0 Å². The summed E-state index contributed by atoms with van der Waals surface area (Å²) in [6.45, 7) is 6.84. The summed E-state index contributed by atoms with van der Waals surface area (Å²) in [6.07, 6.45) is 4.36. The van der Waals surface area contributed by atoms with Gasteiger partial charge in [-0.25, -0.2) is 0 Å². The second-order valence-corrected chi connectivity index (χ2v) is 6.82. The Morgan fingerprint density at radius 3 is 2.48 bits per heavy atom.